The van der Waals surface area contributed by atoms with Gasteiger partial charge in [-0.05, 0) is 32.2 Å². The third kappa shape index (κ3) is 3.85. The van der Waals surface area contributed by atoms with Crippen LogP contribution in [0, 0.1) is 5.92 Å². The molecule has 90 valence electrons. The predicted molar refractivity (Wildman–Crippen MR) is 64.5 cm³/mol. The van der Waals surface area contributed by atoms with Crippen LogP contribution >= 0.6 is 0 Å². The summed E-state index contributed by atoms with van der Waals surface area (Å²) in [7, 11) is 2.89. The van der Waals surface area contributed by atoms with E-state index in [9.17, 15) is 4.21 Å². The number of nitrogens with one attached hydrogen (secondary N) is 1. The van der Waals surface area contributed by atoms with Crippen LogP contribution in [0.4, 0.5) is 0 Å². The summed E-state index contributed by atoms with van der Waals surface area (Å²) in [4.78, 5) is 0. The molecule has 1 saturated carbocycles. The molecule has 0 aromatic heterocycles. The second kappa shape index (κ2) is 6.61. The van der Waals surface area contributed by atoms with Crippen molar-refractivity contribution < 1.29 is 8.95 Å². The molecule has 0 radical (unpaired) electrons. The molecule has 0 heterocycles. The summed E-state index contributed by atoms with van der Waals surface area (Å²) in [6.07, 6.45) is 3.49. The van der Waals surface area contributed by atoms with Crippen LogP contribution < -0.4 is 5.32 Å². The van der Waals surface area contributed by atoms with Crippen LogP contribution in [0.15, 0.2) is 0 Å². The Balaban J connectivity index is 2.50. The Kier molecular flexibility index (Phi) is 5.79. The van der Waals surface area contributed by atoms with Gasteiger partial charge in [0.05, 0.1) is 11.9 Å². The van der Waals surface area contributed by atoms with Gasteiger partial charge in [-0.2, -0.15) is 0 Å². The maximum absolute atomic E-state index is 12.1. The molecule has 0 spiro atoms. The molecule has 15 heavy (non-hydrogen) atoms. The van der Waals surface area contributed by atoms with Gasteiger partial charge in [0.15, 0.2) is 0 Å². The lowest BCUT2D eigenvalue weighted by molar-refractivity contribution is 0.217. The van der Waals surface area contributed by atoms with E-state index in [4.69, 9.17) is 4.74 Å². The van der Waals surface area contributed by atoms with E-state index in [0.717, 1.165) is 12.8 Å². The van der Waals surface area contributed by atoms with E-state index >= 15 is 0 Å². The number of methoxy groups -OCH3 is 1. The van der Waals surface area contributed by atoms with Gasteiger partial charge in [0.25, 0.3) is 0 Å². The average molecular weight is 233 g/mol. The predicted octanol–water partition coefficient (Wildman–Crippen LogP) is 1.16. The van der Waals surface area contributed by atoms with Crippen molar-refractivity contribution in [2.75, 3.05) is 26.5 Å². The highest BCUT2D eigenvalue weighted by molar-refractivity contribution is 7.85. The molecular formula is C11H23NO2S. The summed E-state index contributed by atoms with van der Waals surface area (Å²) in [5.74, 6) is 1.39. The average Bonchev–Trinajstić information content (AvgIpc) is 2.25. The van der Waals surface area contributed by atoms with Gasteiger partial charge in [0.1, 0.15) is 0 Å². The first-order chi connectivity index (χ1) is 7.19. The van der Waals surface area contributed by atoms with Gasteiger partial charge in [-0.1, -0.05) is 6.92 Å². The zero-order valence-corrected chi connectivity index (χ0v) is 10.8. The molecule has 1 fully saturated rings. The molecule has 0 aliphatic heterocycles. The van der Waals surface area contributed by atoms with E-state index in [1.807, 2.05) is 7.05 Å². The minimum absolute atomic E-state index is 0.314. The van der Waals surface area contributed by atoms with E-state index in [2.05, 4.69) is 12.2 Å². The van der Waals surface area contributed by atoms with E-state index in [1.54, 1.807) is 7.11 Å². The third-order valence-electron chi connectivity index (χ3n) is 3.25. The largest absolute Gasteiger partial charge is 0.384 e. The van der Waals surface area contributed by atoms with Crippen molar-refractivity contribution in [3.8, 4) is 0 Å². The van der Waals surface area contributed by atoms with Crippen molar-refractivity contribution in [2.24, 2.45) is 5.92 Å². The lowest BCUT2D eigenvalue weighted by Gasteiger charge is -2.34. The zero-order valence-electron chi connectivity index (χ0n) is 9.99. The van der Waals surface area contributed by atoms with Crippen molar-refractivity contribution in [1.29, 1.82) is 0 Å². The van der Waals surface area contributed by atoms with Crippen LogP contribution in [0.3, 0.4) is 0 Å². The molecule has 0 aromatic rings. The smallest absolute Gasteiger partial charge is 0.0577 e. The molecule has 1 aliphatic carbocycles. The summed E-state index contributed by atoms with van der Waals surface area (Å²) in [6.45, 7) is 2.86. The van der Waals surface area contributed by atoms with Crippen LogP contribution in [0.25, 0.3) is 0 Å². The molecule has 4 heteroatoms. The van der Waals surface area contributed by atoms with E-state index in [0.29, 0.717) is 29.6 Å². The molecule has 4 unspecified atom stereocenters. The second-order valence-corrected chi connectivity index (χ2v) is 6.20. The first-order valence-corrected chi connectivity index (χ1v) is 7.10. The maximum atomic E-state index is 12.1. The fourth-order valence-corrected chi connectivity index (χ4v) is 4.08. The van der Waals surface area contributed by atoms with E-state index < -0.39 is 10.8 Å². The Morgan fingerprint density at radius 3 is 2.80 bits per heavy atom. The van der Waals surface area contributed by atoms with Crippen LogP contribution in [0.2, 0.25) is 0 Å². The Labute approximate surface area is 95.4 Å². The Hall–Kier alpha value is 0.0700. The summed E-state index contributed by atoms with van der Waals surface area (Å²) in [6, 6.07) is 0.430. The standard InChI is InChI=1S/C11H23NO2S/c1-9-4-5-10(12-2)11(8-9)15(13)7-6-14-3/h9-12H,4-8H2,1-3H3. The molecule has 0 aromatic carbocycles. The zero-order chi connectivity index (χ0) is 11.3. The molecule has 1 N–H and O–H groups in total. The molecule has 3 nitrogen and oxygen atoms in total. The minimum atomic E-state index is -0.744. The van der Waals surface area contributed by atoms with Gasteiger partial charge in [0, 0.05) is 29.7 Å². The lowest BCUT2D eigenvalue weighted by Crippen LogP contribution is -2.45. The van der Waals surface area contributed by atoms with Gasteiger partial charge in [-0.15, -0.1) is 0 Å². The first-order valence-electron chi connectivity index (χ1n) is 5.72. The highest BCUT2D eigenvalue weighted by Gasteiger charge is 2.31. The van der Waals surface area contributed by atoms with Crippen LogP contribution in [-0.4, -0.2) is 42.0 Å². The van der Waals surface area contributed by atoms with E-state index in [1.165, 1.54) is 6.42 Å². The summed E-state index contributed by atoms with van der Waals surface area (Å²) < 4.78 is 17.0. The second-order valence-electron chi connectivity index (χ2n) is 4.43. The van der Waals surface area contributed by atoms with E-state index in [-0.39, 0.29) is 0 Å². The molecule has 1 rings (SSSR count). The highest BCUT2D eigenvalue weighted by Crippen LogP contribution is 2.27. The van der Waals surface area contributed by atoms with Crippen LogP contribution in [0.5, 0.6) is 0 Å². The Bertz CT molecular complexity index is 211. The number of hydrogen-bond donors (Lipinski definition) is 1. The monoisotopic (exact) mass is 233 g/mol. The minimum Gasteiger partial charge on any atom is -0.384 e. The van der Waals surface area contributed by atoms with Gasteiger partial charge in [0.2, 0.25) is 0 Å². The first kappa shape index (κ1) is 13.1. The number of rotatable bonds is 5. The quantitative estimate of drug-likeness (QED) is 0.774. The summed E-state index contributed by atoms with van der Waals surface area (Å²) >= 11 is 0. The molecular weight excluding hydrogens is 210 g/mol. The van der Waals surface area contributed by atoms with Crippen molar-refractivity contribution >= 4 is 10.8 Å². The maximum Gasteiger partial charge on any atom is 0.0577 e. The summed E-state index contributed by atoms with van der Waals surface area (Å²) in [5, 5.41) is 3.61. The lowest BCUT2D eigenvalue weighted by atomic mass is 9.87. The number of ether oxygens (including phenoxy) is 1. The molecule has 0 amide bonds. The SMILES string of the molecule is CNC1CCC(C)CC1S(=O)CCOC. The van der Waals surface area contributed by atoms with Crippen molar-refractivity contribution in [1.82, 2.24) is 5.32 Å². The molecule has 1 aliphatic rings. The van der Waals surface area contributed by atoms with Crippen molar-refractivity contribution in [3.05, 3.63) is 0 Å². The van der Waals surface area contributed by atoms with Crippen LogP contribution in [-0.2, 0) is 15.5 Å². The Morgan fingerprint density at radius 2 is 2.20 bits per heavy atom. The van der Waals surface area contributed by atoms with Crippen molar-refractivity contribution in [3.63, 3.8) is 0 Å². The molecule has 0 saturated heterocycles. The summed E-state index contributed by atoms with van der Waals surface area (Å²) in [5.41, 5.74) is 0. The fourth-order valence-electron chi connectivity index (χ4n) is 2.27. The Morgan fingerprint density at radius 1 is 1.47 bits per heavy atom. The van der Waals surface area contributed by atoms with Crippen molar-refractivity contribution in [2.45, 2.75) is 37.5 Å². The van der Waals surface area contributed by atoms with Gasteiger partial charge < -0.3 is 10.1 Å². The topological polar surface area (TPSA) is 38.3 Å². The number of hydrogen-bond acceptors (Lipinski definition) is 3. The third-order valence-corrected chi connectivity index (χ3v) is 5.02. The normalized spacial score (nSPS) is 33.9. The van der Waals surface area contributed by atoms with Gasteiger partial charge in [-0.3, -0.25) is 4.21 Å². The molecule has 4 atom stereocenters. The van der Waals surface area contributed by atoms with Gasteiger partial charge in [-0.25, -0.2) is 0 Å². The van der Waals surface area contributed by atoms with Gasteiger partial charge >= 0.3 is 0 Å². The van der Waals surface area contributed by atoms with Crippen LogP contribution in [0.1, 0.15) is 26.2 Å². The fraction of sp³-hybridized carbons (Fsp3) is 1.00. The highest BCUT2D eigenvalue weighted by atomic mass is 32.2. The molecule has 0 bridgehead atoms.